The number of phenolic OH excluding ortho intramolecular Hbond substituents is 1. The first-order valence-electron chi connectivity index (χ1n) is 7.72. The molecule has 2 nitrogen and oxygen atoms in total. The monoisotopic (exact) mass is 332 g/mol. The molecule has 0 unspecified atom stereocenters. The van der Waals surface area contributed by atoms with Crippen LogP contribution >= 0.6 is 11.3 Å². The van der Waals surface area contributed by atoms with Crippen LogP contribution in [0.4, 0.5) is 0 Å². The molecule has 1 N–H and O–H groups in total. The average Bonchev–Trinajstić information content (AvgIpc) is 3.02. The summed E-state index contributed by atoms with van der Waals surface area (Å²) in [6.45, 7) is 0. The Morgan fingerprint density at radius 2 is 1.62 bits per heavy atom. The minimum absolute atomic E-state index is 0.263. The molecular formula is C21H16O2S. The zero-order valence-electron chi connectivity index (χ0n) is 13.2. The van der Waals surface area contributed by atoms with Gasteiger partial charge in [0.2, 0.25) is 0 Å². The second kappa shape index (κ2) is 6.02. The lowest BCUT2D eigenvalue weighted by Gasteiger charge is -2.09. The van der Waals surface area contributed by atoms with Crippen LogP contribution in [0.15, 0.2) is 72.8 Å². The third-order valence-electron chi connectivity index (χ3n) is 4.11. The first kappa shape index (κ1) is 14.8. The Kier molecular flexibility index (Phi) is 3.71. The van der Waals surface area contributed by atoms with Gasteiger partial charge in [0, 0.05) is 26.1 Å². The van der Waals surface area contributed by atoms with Crippen molar-refractivity contribution in [1.29, 1.82) is 0 Å². The summed E-state index contributed by atoms with van der Waals surface area (Å²) in [6, 6.07) is 24.0. The van der Waals surface area contributed by atoms with E-state index in [2.05, 4.69) is 30.3 Å². The minimum Gasteiger partial charge on any atom is -0.507 e. The Bertz CT molecular complexity index is 1000. The molecule has 0 saturated heterocycles. The summed E-state index contributed by atoms with van der Waals surface area (Å²) < 4.78 is 6.55. The predicted octanol–water partition coefficient (Wildman–Crippen LogP) is 5.95. The fraction of sp³-hybridized carbons (Fsp3) is 0.0476. The van der Waals surface area contributed by atoms with E-state index < -0.39 is 0 Å². The van der Waals surface area contributed by atoms with Crippen molar-refractivity contribution in [2.45, 2.75) is 0 Å². The van der Waals surface area contributed by atoms with Crippen molar-refractivity contribution < 1.29 is 9.84 Å². The third kappa shape index (κ3) is 2.43. The number of methoxy groups -OCH3 is 1. The Labute approximate surface area is 144 Å². The third-order valence-corrected chi connectivity index (χ3v) is 5.31. The van der Waals surface area contributed by atoms with Gasteiger partial charge in [-0.3, -0.25) is 0 Å². The molecule has 0 aliphatic heterocycles. The topological polar surface area (TPSA) is 29.5 Å². The molecule has 0 saturated carbocycles. The second-order valence-corrected chi connectivity index (χ2v) is 6.60. The molecule has 4 rings (SSSR count). The molecule has 0 bridgehead atoms. The van der Waals surface area contributed by atoms with Gasteiger partial charge in [-0.05, 0) is 29.8 Å². The lowest BCUT2D eigenvalue weighted by molar-refractivity contribution is 0.412. The fourth-order valence-corrected chi connectivity index (χ4v) is 4.20. The van der Waals surface area contributed by atoms with Crippen molar-refractivity contribution in [2.75, 3.05) is 7.11 Å². The smallest absolute Gasteiger partial charge is 0.124 e. The van der Waals surface area contributed by atoms with E-state index >= 15 is 0 Å². The van der Waals surface area contributed by atoms with Gasteiger partial charge in [0.05, 0.1) is 7.11 Å². The fourth-order valence-electron chi connectivity index (χ4n) is 2.95. The van der Waals surface area contributed by atoms with Gasteiger partial charge in [-0.15, -0.1) is 11.3 Å². The van der Waals surface area contributed by atoms with Crippen LogP contribution in [-0.4, -0.2) is 12.2 Å². The molecule has 0 fully saturated rings. The van der Waals surface area contributed by atoms with E-state index in [1.807, 2.05) is 30.3 Å². The molecule has 118 valence electrons. The van der Waals surface area contributed by atoms with E-state index in [1.165, 1.54) is 10.1 Å². The van der Waals surface area contributed by atoms with Crippen molar-refractivity contribution in [1.82, 2.24) is 0 Å². The van der Waals surface area contributed by atoms with Crippen LogP contribution in [0.25, 0.3) is 31.7 Å². The van der Waals surface area contributed by atoms with E-state index in [0.29, 0.717) is 0 Å². The van der Waals surface area contributed by atoms with Crippen LogP contribution in [0.2, 0.25) is 0 Å². The Morgan fingerprint density at radius 3 is 2.42 bits per heavy atom. The zero-order chi connectivity index (χ0) is 16.5. The largest absolute Gasteiger partial charge is 0.507 e. The minimum atomic E-state index is 0.263. The SMILES string of the molecule is COc1ccc(O)c(-c2sc3ccccc3c2-c2ccccc2)c1. The Morgan fingerprint density at radius 1 is 0.875 bits per heavy atom. The summed E-state index contributed by atoms with van der Waals surface area (Å²) >= 11 is 1.69. The van der Waals surface area contributed by atoms with Gasteiger partial charge >= 0.3 is 0 Å². The predicted molar refractivity (Wildman–Crippen MR) is 101 cm³/mol. The van der Waals surface area contributed by atoms with E-state index in [1.54, 1.807) is 30.6 Å². The standard InChI is InChI=1S/C21H16O2S/c1-23-15-11-12-18(22)17(13-15)21-20(14-7-3-2-4-8-14)16-9-5-6-10-19(16)24-21/h2-13,22H,1H3. The molecule has 0 amide bonds. The molecule has 3 heteroatoms. The van der Waals surface area contributed by atoms with E-state index in [4.69, 9.17) is 4.74 Å². The highest BCUT2D eigenvalue weighted by molar-refractivity contribution is 7.23. The molecule has 0 aliphatic rings. The lowest BCUT2D eigenvalue weighted by atomic mass is 9.98. The normalized spacial score (nSPS) is 10.9. The van der Waals surface area contributed by atoms with Crippen LogP contribution < -0.4 is 4.74 Å². The molecule has 0 spiro atoms. The van der Waals surface area contributed by atoms with Crippen LogP contribution in [0.3, 0.4) is 0 Å². The number of ether oxygens (including phenoxy) is 1. The molecule has 24 heavy (non-hydrogen) atoms. The molecule has 0 radical (unpaired) electrons. The molecular weight excluding hydrogens is 316 g/mol. The van der Waals surface area contributed by atoms with E-state index in [9.17, 15) is 5.11 Å². The van der Waals surface area contributed by atoms with Crippen molar-refractivity contribution in [2.24, 2.45) is 0 Å². The summed E-state index contributed by atoms with van der Waals surface area (Å²) in [5.74, 6) is 0.999. The number of thiophene rings is 1. The molecule has 0 atom stereocenters. The maximum atomic E-state index is 10.4. The number of fused-ring (bicyclic) bond motifs is 1. The van der Waals surface area contributed by atoms with Crippen LogP contribution in [0, 0.1) is 0 Å². The Hall–Kier alpha value is -2.78. The average molecular weight is 332 g/mol. The van der Waals surface area contributed by atoms with Crippen molar-refractivity contribution >= 4 is 21.4 Å². The molecule has 1 heterocycles. The van der Waals surface area contributed by atoms with Crippen LogP contribution in [-0.2, 0) is 0 Å². The highest BCUT2D eigenvalue weighted by Gasteiger charge is 2.18. The zero-order valence-corrected chi connectivity index (χ0v) is 14.0. The van der Waals surface area contributed by atoms with Gasteiger partial charge in [-0.2, -0.15) is 0 Å². The van der Waals surface area contributed by atoms with E-state index in [-0.39, 0.29) is 5.75 Å². The maximum Gasteiger partial charge on any atom is 0.124 e. The number of hydrogen-bond acceptors (Lipinski definition) is 3. The number of benzene rings is 3. The number of aromatic hydroxyl groups is 1. The van der Waals surface area contributed by atoms with Crippen molar-refractivity contribution in [3.8, 4) is 33.1 Å². The van der Waals surface area contributed by atoms with E-state index in [0.717, 1.165) is 27.3 Å². The maximum absolute atomic E-state index is 10.4. The number of rotatable bonds is 3. The summed E-state index contributed by atoms with van der Waals surface area (Å²) in [6.07, 6.45) is 0. The number of hydrogen-bond donors (Lipinski definition) is 1. The van der Waals surface area contributed by atoms with Crippen LogP contribution in [0.5, 0.6) is 11.5 Å². The molecule has 4 aromatic rings. The lowest BCUT2D eigenvalue weighted by Crippen LogP contribution is -1.85. The summed E-state index contributed by atoms with van der Waals surface area (Å²) in [5, 5.41) is 11.6. The summed E-state index contributed by atoms with van der Waals surface area (Å²) in [5.41, 5.74) is 3.10. The van der Waals surface area contributed by atoms with Gasteiger partial charge in [0.1, 0.15) is 11.5 Å². The second-order valence-electron chi connectivity index (χ2n) is 5.55. The molecule has 0 aliphatic carbocycles. The van der Waals surface area contributed by atoms with Gasteiger partial charge in [-0.25, -0.2) is 0 Å². The Balaban J connectivity index is 2.06. The first-order valence-corrected chi connectivity index (χ1v) is 8.54. The van der Waals surface area contributed by atoms with Crippen LogP contribution in [0.1, 0.15) is 0 Å². The quantitative estimate of drug-likeness (QED) is 0.502. The summed E-state index contributed by atoms with van der Waals surface area (Å²) in [4.78, 5) is 1.05. The first-order chi connectivity index (χ1) is 11.8. The van der Waals surface area contributed by atoms with Crippen molar-refractivity contribution in [3.63, 3.8) is 0 Å². The van der Waals surface area contributed by atoms with Gasteiger partial charge in [0.15, 0.2) is 0 Å². The summed E-state index contributed by atoms with van der Waals surface area (Å²) in [7, 11) is 1.64. The van der Waals surface area contributed by atoms with Gasteiger partial charge < -0.3 is 9.84 Å². The van der Waals surface area contributed by atoms with Gasteiger partial charge in [-0.1, -0.05) is 48.5 Å². The highest BCUT2D eigenvalue weighted by atomic mass is 32.1. The molecule has 3 aromatic carbocycles. The van der Waals surface area contributed by atoms with Crippen molar-refractivity contribution in [3.05, 3.63) is 72.8 Å². The van der Waals surface area contributed by atoms with Gasteiger partial charge in [0.25, 0.3) is 0 Å². The molecule has 1 aromatic heterocycles. The number of phenols is 1. The highest BCUT2D eigenvalue weighted by Crippen LogP contribution is 2.47.